The molecule has 0 aromatic heterocycles. The Morgan fingerprint density at radius 2 is 1.48 bits per heavy atom. The van der Waals surface area contributed by atoms with E-state index in [1.165, 1.54) is 13.2 Å². The zero-order chi connectivity index (χ0) is 18.2. The summed E-state index contributed by atoms with van der Waals surface area (Å²) in [4.78, 5) is 12.2. The number of hydrogen-bond donors (Lipinski definition) is 1. The third kappa shape index (κ3) is 4.67. The van der Waals surface area contributed by atoms with E-state index in [0.29, 0.717) is 28.7 Å². The summed E-state index contributed by atoms with van der Waals surface area (Å²) in [5, 5.41) is 2.77. The van der Waals surface area contributed by atoms with Gasteiger partial charge in [-0.2, -0.15) is 0 Å². The molecule has 2 rings (SSSR count). The lowest BCUT2D eigenvalue weighted by Gasteiger charge is -2.10. The van der Waals surface area contributed by atoms with Gasteiger partial charge in [0.25, 0.3) is 0 Å². The Morgan fingerprint density at radius 1 is 0.840 bits per heavy atom. The monoisotopic (exact) mass is 343 g/mol. The molecule has 0 spiro atoms. The quantitative estimate of drug-likeness (QED) is 0.781. The number of methoxy groups -OCH3 is 4. The maximum absolute atomic E-state index is 12.2. The van der Waals surface area contributed by atoms with Crippen molar-refractivity contribution in [3.63, 3.8) is 0 Å². The molecule has 6 heteroatoms. The molecule has 2 aromatic rings. The molecule has 132 valence electrons. The number of nitrogens with one attached hydrogen (secondary N) is 1. The molecule has 0 saturated heterocycles. The third-order valence-corrected chi connectivity index (χ3v) is 3.52. The van der Waals surface area contributed by atoms with Crippen molar-refractivity contribution in [1.29, 1.82) is 0 Å². The lowest BCUT2D eigenvalue weighted by molar-refractivity contribution is -0.111. The molecule has 0 saturated carbocycles. The largest absolute Gasteiger partial charge is 0.497 e. The van der Waals surface area contributed by atoms with Crippen LogP contribution in [0.5, 0.6) is 23.0 Å². The van der Waals surface area contributed by atoms with Crippen molar-refractivity contribution in [2.45, 2.75) is 0 Å². The molecule has 2 aromatic carbocycles. The smallest absolute Gasteiger partial charge is 0.248 e. The summed E-state index contributed by atoms with van der Waals surface area (Å²) in [7, 11) is 6.24. The molecule has 0 aliphatic heterocycles. The van der Waals surface area contributed by atoms with Gasteiger partial charge >= 0.3 is 0 Å². The summed E-state index contributed by atoms with van der Waals surface area (Å²) in [5.41, 5.74) is 1.29. The Kier molecular flexibility index (Phi) is 6.28. The van der Waals surface area contributed by atoms with E-state index in [1.807, 2.05) is 6.07 Å². The molecule has 1 N–H and O–H groups in total. The van der Waals surface area contributed by atoms with Gasteiger partial charge in [0, 0.05) is 23.8 Å². The van der Waals surface area contributed by atoms with E-state index in [4.69, 9.17) is 18.9 Å². The molecule has 1 amide bonds. The molecule has 0 aliphatic rings. The van der Waals surface area contributed by atoms with Crippen LogP contribution < -0.4 is 24.3 Å². The lowest BCUT2D eigenvalue weighted by Crippen LogP contribution is -2.09. The first-order valence-electron chi connectivity index (χ1n) is 7.54. The zero-order valence-electron chi connectivity index (χ0n) is 14.7. The number of rotatable bonds is 7. The molecule has 0 heterocycles. The first-order chi connectivity index (χ1) is 12.1. The van der Waals surface area contributed by atoms with Gasteiger partial charge < -0.3 is 24.3 Å². The van der Waals surface area contributed by atoms with Crippen LogP contribution in [0.1, 0.15) is 5.56 Å². The number of anilines is 1. The average molecular weight is 343 g/mol. The standard InChI is InChI=1S/C19H21NO5/c1-22-14-8-9-17(24-3)16(11-14)20-19(21)10-6-13-5-7-15(23-2)12-18(13)25-4/h5-12H,1-4H3,(H,20,21). The maximum Gasteiger partial charge on any atom is 0.248 e. The van der Waals surface area contributed by atoms with Crippen LogP contribution in [0.2, 0.25) is 0 Å². The summed E-state index contributed by atoms with van der Waals surface area (Å²) < 4.78 is 20.9. The number of amides is 1. The van der Waals surface area contributed by atoms with Gasteiger partial charge in [-0.3, -0.25) is 4.79 Å². The minimum Gasteiger partial charge on any atom is -0.497 e. The predicted molar refractivity (Wildman–Crippen MR) is 96.8 cm³/mol. The van der Waals surface area contributed by atoms with E-state index >= 15 is 0 Å². The highest BCUT2D eigenvalue weighted by molar-refractivity contribution is 6.03. The Balaban J connectivity index is 2.16. The summed E-state index contributed by atoms with van der Waals surface area (Å²) in [6, 6.07) is 10.5. The van der Waals surface area contributed by atoms with Gasteiger partial charge in [-0.05, 0) is 30.3 Å². The average Bonchev–Trinajstić information content (AvgIpc) is 2.66. The molecule has 0 bridgehead atoms. The lowest BCUT2D eigenvalue weighted by atomic mass is 10.1. The molecule has 25 heavy (non-hydrogen) atoms. The highest BCUT2D eigenvalue weighted by atomic mass is 16.5. The topological polar surface area (TPSA) is 66.0 Å². The fourth-order valence-corrected chi connectivity index (χ4v) is 2.21. The van der Waals surface area contributed by atoms with E-state index < -0.39 is 0 Å². The fraction of sp³-hybridized carbons (Fsp3) is 0.211. The molecular formula is C19H21NO5. The van der Waals surface area contributed by atoms with Gasteiger partial charge in [0.1, 0.15) is 23.0 Å². The maximum atomic E-state index is 12.2. The number of carbonyl (C=O) groups excluding carboxylic acids is 1. The zero-order valence-corrected chi connectivity index (χ0v) is 14.7. The summed E-state index contributed by atoms with van der Waals surface area (Å²) in [6.45, 7) is 0. The Hall–Kier alpha value is -3.15. The molecule has 0 atom stereocenters. The van der Waals surface area contributed by atoms with Crippen molar-refractivity contribution < 1.29 is 23.7 Å². The van der Waals surface area contributed by atoms with Crippen molar-refractivity contribution in [2.24, 2.45) is 0 Å². The van der Waals surface area contributed by atoms with Crippen molar-refractivity contribution in [3.05, 3.63) is 48.0 Å². The van der Waals surface area contributed by atoms with Gasteiger partial charge in [0.15, 0.2) is 0 Å². The molecule has 6 nitrogen and oxygen atoms in total. The van der Waals surface area contributed by atoms with Crippen LogP contribution in [0.25, 0.3) is 6.08 Å². The molecular weight excluding hydrogens is 322 g/mol. The van der Waals surface area contributed by atoms with Crippen LogP contribution in [-0.4, -0.2) is 34.3 Å². The van der Waals surface area contributed by atoms with E-state index in [9.17, 15) is 4.79 Å². The molecule has 0 aliphatic carbocycles. The van der Waals surface area contributed by atoms with Crippen LogP contribution in [0.3, 0.4) is 0 Å². The highest BCUT2D eigenvalue weighted by Gasteiger charge is 2.08. The van der Waals surface area contributed by atoms with Crippen LogP contribution >= 0.6 is 0 Å². The highest BCUT2D eigenvalue weighted by Crippen LogP contribution is 2.29. The fourth-order valence-electron chi connectivity index (χ4n) is 2.21. The number of hydrogen-bond acceptors (Lipinski definition) is 5. The van der Waals surface area contributed by atoms with Crippen molar-refractivity contribution in [1.82, 2.24) is 0 Å². The first-order valence-corrected chi connectivity index (χ1v) is 7.54. The van der Waals surface area contributed by atoms with E-state index in [1.54, 1.807) is 57.7 Å². The second-order valence-electron chi connectivity index (χ2n) is 5.00. The summed E-state index contributed by atoms with van der Waals surface area (Å²) in [6.07, 6.45) is 3.09. The van der Waals surface area contributed by atoms with Crippen molar-refractivity contribution in [3.8, 4) is 23.0 Å². The van der Waals surface area contributed by atoms with Gasteiger partial charge in [-0.15, -0.1) is 0 Å². The second kappa shape index (κ2) is 8.63. The van der Waals surface area contributed by atoms with Crippen LogP contribution in [0, 0.1) is 0 Å². The van der Waals surface area contributed by atoms with Crippen LogP contribution in [0.15, 0.2) is 42.5 Å². The number of benzene rings is 2. The first kappa shape index (κ1) is 18.2. The Labute approximate surface area is 147 Å². The third-order valence-electron chi connectivity index (χ3n) is 3.52. The minimum atomic E-state index is -0.301. The van der Waals surface area contributed by atoms with Gasteiger partial charge in [-0.1, -0.05) is 0 Å². The molecule has 0 fully saturated rings. The van der Waals surface area contributed by atoms with Crippen molar-refractivity contribution in [2.75, 3.05) is 33.8 Å². The molecule has 0 radical (unpaired) electrons. The van der Waals surface area contributed by atoms with E-state index in [-0.39, 0.29) is 5.91 Å². The van der Waals surface area contributed by atoms with E-state index in [0.717, 1.165) is 5.56 Å². The predicted octanol–water partition coefficient (Wildman–Crippen LogP) is 3.37. The second-order valence-corrected chi connectivity index (χ2v) is 5.00. The van der Waals surface area contributed by atoms with Crippen LogP contribution in [-0.2, 0) is 4.79 Å². The summed E-state index contributed by atoms with van der Waals surface area (Å²) >= 11 is 0. The number of ether oxygens (including phenoxy) is 4. The Bertz CT molecular complexity index is 770. The molecule has 0 unspecified atom stereocenters. The minimum absolute atomic E-state index is 0.301. The van der Waals surface area contributed by atoms with Gasteiger partial charge in [-0.25, -0.2) is 0 Å². The Morgan fingerprint density at radius 3 is 2.12 bits per heavy atom. The van der Waals surface area contributed by atoms with E-state index in [2.05, 4.69) is 5.32 Å². The van der Waals surface area contributed by atoms with Crippen LogP contribution in [0.4, 0.5) is 5.69 Å². The van der Waals surface area contributed by atoms with Gasteiger partial charge in [0.2, 0.25) is 5.91 Å². The van der Waals surface area contributed by atoms with Gasteiger partial charge in [0.05, 0.1) is 34.1 Å². The normalized spacial score (nSPS) is 10.4. The van der Waals surface area contributed by atoms with Crippen molar-refractivity contribution >= 4 is 17.7 Å². The SMILES string of the molecule is COc1ccc(OC)c(NC(=O)C=Cc2ccc(OC)cc2OC)c1. The summed E-state index contributed by atoms with van der Waals surface area (Å²) in [5.74, 6) is 2.16. The number of carbonyl (C=O) groups is 1.